The zero-order valence-electron chi connectivity index (χ0n) is 20.6. The maximum atomic E-state index is 14.2. The Bertz CT molecular complexity index is 1280. The summed E-state index contributed by atoms with van der Waals surface area (Å²) >= 11 is 1.43. The molecule has 1 atom stereocenters. The molecule has 0 radical (unpaired) electrons. The monoisotopic (exact) mass is 512 g/mol. The SMILES string of the molecule is CCc1cc(F)cc2c1=C(C(N)C(=O)N1CCc3nc(NC(=O)C4CCOCC4)sc3C1)CCCC=2. The number of fused-ring (bicyclic) bond motifs is 2. The number of anilines is 1. The molecular formula is C27H33FN4O3S. The van der Waals surface area contributed by atoms with E-state index in [1.807, 2.05) is 6.92 Å². The summed E-state index contributed by atoms with van der Waals surface area (Å²) in [5, 5.41) is 5.35. The molecule has 2 aliphatic heterocycles. The van der Waals surface area contributed by atoms with Crippen molar-refractivity contribution in [3.05, 3.63) is 44.5 Å². The third-order valence-corrected chi connectivity index (χ3v) is 8.44. The van der Waals surface area contributed by atoms with Crippen LogP contribution in [0.2, 0.25) is 0 Å². The molecule has 192 valence electrons. The molecule has 0 saturated carbocycles. The van der Waals surface area contributed by atoms with Crippen molar-refractivity contribution in [2.45, 2.75) is 64.5 Å². The number of rotatable bonds is 5. The second kappa shape index (κ2) is 10.8. The molecule has 7 nitrogen and oxygen atoms in total. The number of carbonyl (C=O) groups excluding carboxylic acids is 2. The fourth-order valence-corrected chi connectivity index (χ4v) is 6.48. The van der Waals surface area contributed by atoms with Crippen LogP contribution in [-0.4, -0.2) is 47.5 Å². The van der Waals surface area contributed by atoms with E-state index in [0.717, 1.165) is 64.2 Å². The van der Waals surface area contributed by atoms with E-state index in [-0.39, 0.29) is 23.5 Å². The molecule has 1 aromatic carbocycles. The van der Waals surface area contributed by atoms with E-state index in [1.54, 1.807) is 17.0 Å². The van der Waals surface area contributed by atoms with Crippen LogP contribution in [0.4, 0.5) is 9.52 Å². The van der Waals surface area contributed by atoms with E-state index in [9.17, 15) is 14.0 Å². The van der Waals surface area contributed by atoms with Gasteiger partial charge in [-0.1, -0.05) is 24.3 Å². The van der Waals surface area contributed by atoms with Crippen LogP contribution in [0.15, 0.2) is 12.1 Å². The number of halogens is 1. The fraction of sp³-hybridized carbons (Fsp3) is 0.519. The number of ether oxygens (including phenoxy) is 1. The molecule has 1 saturated heterocycles. The van der Waals surface area contributed by atoms with E-state index in [0.29, 0.717) is 44.3 Å². The number of aromatic nitrogens is 1. The van der Waals surface area contributed by atoms with Crippen molar-refractivity contribution in [1.29, 1.82) is 0 Å². The van der Waals surface area contributed by atoms with E-state index in [2.05, 4.69) is 16.4 Å². The Balaban J connectivity index is 1.35. The minimum absolute atomic E-state index is 0.0113. The average molecular weight is 513 g/mol. The van der Waals surface area contributed by atoms with Crippen LogP contribution < -0.4 is 21.5 Å². The third kappa shape index (κ3) is 5.10. The highest BCUT2D eigenvalue weighted by molar-refractivity contribution is 7.15. The van der Waals surface area contributed by atoms with Gasteiger partial charge in [-0.3, -0.25) is 9.59 Å². The van der Waals surface area contributed by atoms with Crippen molar-refractivity contribution >= 4 is 39.9 Å². The predicted octanol–water partition coefficient (Wildman–Crippen LogP) is 2.24. The number of thiazole rings is 1. The summed E-state index contributed by atoms with van der Waals surface area (Å²) in [6.45, 7) is 4.19. The van der Waals surface area contributed by atoms with Gasteiger partial charge < -0.3 is 20.7 Å². The molecule has 3 heterocycles. The Labute approximate surface area is 214 Å². The molecule has 0 spiro atoms. The second-order valence-corrected chi connectivity index (χ2v) is 10.8. The first-order chi connectivity index (χ1) is 17.4. The number of amides is 2. The smallest absolute Gasteiger partial charge is 0.244 e. The third-order valence-electron chi connectivity index (χ3n) is 7.44. The first kappa shape index (κ1) is 25.0. The van der Waals surface area contributed by atoms with Gasteiger partial charge >= 0.3 is 0 Å². The van der Waals surface area contributed by atoms with Gasteiger partial charge in [-0.05, 0) is 72.2 Å². The molecule has 1 fully saturated rings. The number of hydrogen-bond acceptors (Lipinski definition) is 6. The quantitative estimate of drug-likeness (QED) is 0.641. The topological polar surface area (TPSA) is 97.5 Å². The summed E-state index contributed by atoms with van der Waals surface area (Å²) in [5.41, 5.74) is 9.36. The largest absolute Gasteiger partial charge is 0.381 e. The summed E-state index contributed by atoms with van der Waals surface area (Å²) in [4.78, 5) is 33.6. The molecule has 3 aliphatic rings. The highest BCUT2D eigenvalue weighted by atomic mass is 32.1. The number of nitrogens with one attached hydrogen (secondary N) is 1. The van der Waals surface area contributed by atoms with Gasteiger partial charge in [-0.2, -0.15) is 0 Å². The van der Waals surface area contributed by atoms with Crippen molar-refractivity contribution in [3.63, 3.8) is 0 Å². The lowest BCUT2D eigenvalue weighted by Gasteiger charge is -2.29. The van der Waals surface area contributed by atoms with Crippen molar-refractivity contribution in [2.75, 3.05) is 25.1 Å². The summed E-state index contributed by atoms with van der Waals surface area (Å²) in [6, 6.07) is 2.35. The van der Waals surface area contributed by atoms with E-state index < -0.39 is 6.04 Å². The lowest BCUT2D eigenvalue weighted by molar-refractivity contribution is -0.132. The lowest BCUT2D eigenvalue weighted by Crippen LogP contribution is -2.48. The number of nitrogens with zero attached hydrogens (tertiary/aromatic N) is 2. The molecule has 36 heavy (non-hydrogen) atoms. The summed E-state index contributed by atoms with van der Waals surface area (Å²) in [5.74, 6) is -0.427. The zero-order valence-corrected chi connectivity index (χ0v) is 21.5. The van der Waals surface area contributed by atoms with E-state index in [1.165, 1.54) is 11.3 Å². The summed E-state index contributed by atoms with van der Waals surface area (Å²) in [6.07, 6.45) is 7.24. The number of nitrogens with two attached hydrogens (primary N) is 1. The van der Waals surface area contributed by atoms with Crippen LogP contribution in [0, 0.1) is 11.7 Å². The molecule has 5 rings (SSSR count). The van der Waals surface area contributed by atoms with Gasteiger partial charge in [0.1, 0.15) is 11.9 Å². The van der Waals surface area contributed by atoms with Crippen molar-refractivity contribution in [1.82, 2.24) is 9.88 Å². The van der Waals surface area contributed by atoms with Gasteiger partial charge in [0.2, 0.25) is 11.8 Å². The van der Waals surface area contributed by atoms with Gasteiger partial charge in [-0.15, -0.1) is 0 Å². The predicted molar refractivity (Wildman–Crippen MR) is 138 cm³/mol. The molecule has 2 amide bonds. The zero-order chi connectivity index (χ0) is 25.2. The van der Waals surface area contributed by atoms with Crippen molar-refractivity contribution < 1.29 is 18.7 Å². The molecule has 9 heteroatoms. The van der Waals surface area contributed by atoms with Crippen LogP contribution in [-0.2, 0) is 33.7 Å². The molecule has 1 aliphatic carbocycles. The maximum Gasteiger partial charge on any atom is 0.244 e. The summed E-state index contributed by atoms with van der Waals surface area (Å²) in [7, 11) is 0. The molecular weight excluding hydrogens is 479 g/mol. The van der Waals surface area contributed by atoms with E-state index >= 15 is 0 Å². The van der Waals surface area contributed by atoms with Gasteiger partial charge in [0.15, 0.2) is 5.13 Å². The lowest BCUT2D eigenvalue weighted by atomic mass is 9.95. The summed E-state index contributed by atoms with van der Waals surface area (Å²) < 4.78 is 19.6. The Kier molecular flexibility index (Phi) is 7.50. The highest BCUT2D eigenvalue weighted by Crippen LogP contribution is 2.30. The number of carbonyl (C=O) groups is 2. The van der Waals surface area contributed by atoms with Crippen LogP contribution in [0.5, 0.6) is 0 Å². The molecule has 1 aromatic heterocycles. The van der Waals surface area contributed by atoms with Gasteiger partial charge in [0, 0.05) is 37.0 Å². The van der Waals surface area contributed by atoms with Crippen LogP contribution in [0.25, 0.3) is 11.6 Å². The van der Waals surface area contributed by atoms with E-state index in [4.69, 9.17) is 10.5 Å². The van der Waals surface area contributed by atoms with Gasteiger partial charge in [-0.25, -0.2) is 9.37 Å². The molecule has 1 unspecified atom stereocenters. The van der Waals surface area contributed by atoms with Crippen molar-refractivity contribution in [2.24, 2.45) is 11.7 Å². The first-order valence-electron chi connectivity index (χ1n) is 12.9. The Morgan fingerprint density at radius 3 is 2.89 bits per heavy atom. The first-order valence-corrected chi connectivity index (χ1v) is 13.7. The van der Waals surface area contributed by atoms with Gasteiger partial charge in [0.05, 0.1) is 12.2 Å². The minimum atomic E-state index is -0.770. The Morgan fingerprint density at radius 2 is 2.11 bits per heavy atom. The molecule has 3 N–H and O–H groups in total. The van der Waals surface area contributed by atoms with Crippen LogP contribution in [0.1, 0.15) is 55.2 Å². The number of hydrogen-bond donors (Lipinski definition) is 2. The molecule has 2 aromatic rings. The number of aryl methyl sites for hydroxylation is 1. The van der Waals surface area contributed by atoms with Gasteiger partial charge in [0.25, 0.3) is 0 Å². The fourth-order valence-electron chi connectivity index (χ4n) is 5.45. The molecule has 0 bridgehead atoms. The van der Waals surface area contributed by atoms with Crippen molar-refractivity contribution in [3.8, 4) is 0 Å². The normalized spacial score (nSPS) is 19.1. The second-order valence-electron chi connectivity index (χ2n) is 9.76. The Morgan fingerprint density at radius 1 is 1.31 bits per heavy atom. The Hall–Kier alpha value is -2.62. The highest BCUT2D eigenvalue weighted by Gasteiger charge is 2.31. The maximum absolute atomic E-state index is 14.2. The minimum Gasteiger partial charge on any atom is -0.381 e. The standard InChI is InChI=1S/C27H33FN4O3S/c1-2-16-13-19(28)14-18-5-3-4-6-20(23(16)18)24(29)26(34)32-10-7-21-22(15-32)36-27(30-21)31-25(33)17-8-11-35-12-9-17/h5,13-14,17,24H,2-4,6-12,15,29H2,1H3,(H,30,31,33). The average Bonchev–Trinajstić information content (AvgIpc) is 3.17. The van der Waals surface area contributed by atoms with Crippen LogP contribution in [0.3, 0.4) is 0 Å². The number of benzene rings is 1. The van der Waals surface area contributed by atoms with Crippen LogP contribution >= 0.6 is 11.3 Å².